The van der Waals surface area contributed by atoms with Crippen molar-refractivity contribution in [2.45, 2.75) is 45.6 Å². The monoisotopic (exact) mass is 338 g/mol. The minimum Gasteiger partial charge on any atom is -0.343 e. The van der Waals surface area contributed by atoms with E-state index in [0.29, 0.717) is 32.7 Å². The Kier molecular flexibility index (Phi) is 7.02. The Bertz CT molecular complexity index is 465. The molecule has 2 aliphatic rings. The van der Waals surface area contributed by atoms with Crippen LogP contribution in [0.1, 0.15) is 39.5 Å². The Morgan fingerprint density at radius 2 is 1.96 bits per heavy atom. The van der Waals surface area contributed by atoms with Crippen LogP contribution in [0, 0.1) is 0 Å². The number of carbonyl (C=O) groups is 3. The van der Waals surface area contributed by atoms with E-state index in [4.69, 9.17) is 0 Å². The predicted molar refractivity (Wildman–Crippen MR) is 91.3 cm³/mol. The van der Waals surface area contributed by atoms with Gasteiger partial charge in [-0.2, -0.15) is 0 Å². The number of hydrogen-bond donors (Lipinski definition) is 1. The summed E-state index contributed by atoms with van der Waals surface area (Å²) in [5.41, 5.74) is 0. The van der Waals surface area contributed by atoms with Gasteiger partial charge in [0.2, 0.25) is 17.7 Å². The van der Waals surface area contributed by atoms with Crippen molar-refractivity contribution in [2.24, 2.45) is 0 Å². The van der Waals surface area contributed by atoms with Crippen LogP contribution in [0.25, 0.3) is 0 Å². The highest BCUT2D eigenvalue weighted by Crippen LogP contribution is 2.18. The topological polar surface area (TPSA) is 73.0 Å². The summed E-state index contributed by atoms with van der Waals surface area (Å²) in [4.78, 5) is 42.0. The second kappa shape index (κ2) is 9.01. The number of piperidine rings is 1. The van der Waals surface area contributed by atoms with Crippen LogP contribution in [0.4, 0.5) is 0 Å². The van der Waals surface area contributed by atoms with Gasteiger partial charge in [-0.25, -0.2) is 0 Å². The van der Waals surface area contributed by atoms with Crippen molar-refractivity contribution in [2.75, 3.05) is 45.8 Å². The van der Waals surface area contributed by atoms with Gasteiger partial charge in [0, 0.05) is 58.2 Å². The molecule has 3 amide bonds. The molecule has 1 atom stereocenters. The van der Waals surface area contributed by atoms with E-state index in [1.807, 2.05) is 23.6 Å². The largest absolute Gasteiger partial charge is 0.343 e. The van der Waals surface area contributed by atoms with Gasteiger partial charge in [-0.05, 0) is 26.7 Å². The highest BCUT2D eigenvalue weighted by Gasteiger charge is 2.31. The number of nitrogens with one attached hydrogen (secondary N) is 1. The normalized spacial score (nSPS) is 21.8. The van der Waals surface area contributed by atoms with E-state index >= 15 is 0 Å². The molecule has 1 N–H and O–H groups in total. The summed E-state index contributed by atoms with van der Waals surface area (Å²) >= 11 is 0. The molecule has 2 rings (SSSR count). The molecule has 0 aromatic rings. The first-order valence-corrected chi connectivity index (χ1v) is 9.12. The quantitative estimate of drug-likeness (QED) is 0.743. The summed E-state index contributed by atoms with van der Waals surface area (Å²) in [7, 11) is 0. The number of amides is 3. The molecule has 7 nitrogen and oxygen atoms in total. The van der Waals surface area contributed by atoms with Crippen molar-refractivity contribution in [3.63, 3.8) is 0 Å². The molecule has 1 unspecified atom stereocenters. The van der Waals surface area contributed by atoms with E-state index in [1.165, 1.54) is 0 Å². The van der Waals surface area contributed by atoms with E-state index in [0.717, 1.165) is 25.9 Å². The maximum Gasteiger partial charge on any atom is 0.236 e. The zero-order valence-corrected chi connectivity index (χ0v) is 14.9. The molecule has 136 valence electrons. The summed E-state index contributed by atoms with van der Waals surface area (Å²) < 4.78 is 0. The molecule has 2 heterocycles. The third kappa shape index (κ3) is 4.69. The third-order valence-corrected chi connectivity index (χ3v) is 4.98. The van der Waals surface area contributed by atoms with Gasteiger partial charge in [0.25, 0.3) is 0 Å². The molecule has 0 saturated carbocycles. The van der Waals surface area contributed by atoms with Crippen LogP contribution in [0.15, 0.2) is 0 Å². The van der Waals surface area contributed by atoms with Crippen molar-refractivity contribution in [3.8, 4) is 0 Å². The first-order chi connectivity index (χ1) is 11.6. The number of hydrogen-bond acceptors (Lipinski definition) is 4. The zero-order valence-electron chi connectivity index (χ0n) is 14.9. The fourth-order valence-corrected chi connectivity index (χ4v) is 3.55. The lowest BCUT2D eigenvalue weighted by molar-refractivity contribution is -0.141. The summed E-state index contributed by atoms with van der Waals surface area (Å²) in [6, 6.07) is 0.121. The second-order valence-electron chi connectivity index (χ2n) is 6.47. The molecule has 0 aromatic carbocycles. The molecule has 0 spiro atoms. The van der Waals surface area contributed by atoms with Gasteiger partial charge in [-0.15, -0.1) is 0 Å². The second-order valence-corrected chi connectivity index (χ2v) is 6.47. The molecule has 2 aliphatic heterocycles. The van der Waals surface area contributed by atoms with Gasteiger partial charge >= 0.3 is 0 Å². The Labute approximate surface area is 144 Å². The van der Waals surface area contributed by atoms with Crippen molar-refractivity contribution in [1.29, 1.82) is 0 Å². The Hall–Kier alpha value is -1.63. The van der Waals surface area contributed by atoms with Crippen LogP contribution in [-0.2, 0) is 14.4 Å². The predicted octanol–water partition coefficient (Wildman–Crippen LogP) is 0.0578. The molecular weight excluding hydrogens is 308 g/mol. The van der Waals surface area contributed by atoms with Crippen LogP contribution in [-0.4, -0.2) is 84.3 Å². The lowest BCUT2D eigenvalue weighted by atomic mass is 10.0. The minimum atomic E-state index is 0.0304. The number of piperazine rings is 1. The molecule has 2 saturated heterocycles. The molecule has 24 heavy (non-hydrogen) atoms. The number of carbonyl (C=O) groups excluding carboxylic acids is 3. The molecule has 0 bridgehead atoms. The Morgan fingerprint density at radius 3 is 2.62 bits per heavy atom. The zero-order chi connectivity index (χ0) is 17.5. The molecule has 0 radical (unpaired) electrons. The fourth-order valence-electron chi connectivity index (χ4n) is 3.55. The number of likely N-dealkylation sites (tertiary alicyclic amines) is 1. The van der Waals surface area contributed by atoms with Crippen LogP contribution in [0.3, 0.4) is 0 Å². The maximum atomic E-state index is 12.5. The summed E-state index contributed by atoms with van der Waals surface area (Å²) in [6.45, 7) is 8.51. The van der Waals surface area contributed by atoms with E-state index < -0.39 is 0 Å². The molecular formula is C17H30N4O3. The molecule has 0 aliphatic carbocycles. The van der Waals surface area contributed by atoms with Crippen LogP contribution in [0.5, 0.6) is 0 Å². The summed E-state index contributed by atoms with van der Waals surface area (Å²) in [5, 5.41) is 3.08. The van der Waals surface area contributed by atoms with Gasteiger partial charge in [-0.1, -0.05) is 0 Å². The summed E-state index contributed by atoms with van der Waals surface area (Å²) in [5.74, 6) is 0.194. The SMILES string of the molecule is CCN(CC)C(=O)CCC(=O)N1CCCC(N2CCNCC2=O)C1. The van der Waals surface area contributed by atoms with Gasteiger partial charge in [0.05, 0.1) is 6.54 Å². The Morgan fingerprint density at radius 1 is 1.21 bits per heavy atom. The van der Waals surface area contributed by atoms with E-state index in [9.17, 15) is 14.4 Å². The highest BCUT2D eigenvalue weighted by atomic mass is 16.2. The standard InChI is InChI=1S/C17H30N4O3/c1-3-19(4-2)15(22)7-8-16(23)20-10-5-6-14(13-20)21-11-9-18-12-17(21)24/h14,18H,3-13H2,1-2H3. The van der Waals surface area contributed by atoms with Crippen LogP contribution in [0.2, 0.25) is 0 Å². The van der Waals surface area contributed by atoms with Crippen LogP contribution >= 0.6 is 0 Å². The minimum absolute atomic E-state index is 0.0304. The maximum absolute atomic E-state index is 12.5. The van der Waals surface area contributed by atoms with Crippen molar-refractivity contribution in [3.05, 3.63) is 0 Å². The number of nitrogens with zero attached hydrogens (tertiary/aromatic N) is 3. The van der Waals surface area contributed by atoms with Crippen LogP contribution < -0.4 is 5.32 Å². The van der Waals surface area contributed by atoms with E-state index in [-0.39, 0.29) is 36.6 Å². The Balaban J connectivity index is 1.83. The average molecular weight is 338 g/mol. The molecule has 2 fully saturated rings. The van der Waals surface area contributed by atoms with Crippen molar-refractivity contribution in [1.82, 2.24) is 20.0 Å². The first-order valence-electron chi connectivity index (χ1n) is 9.12. The third-order valence-electron chi connectivity index (χ3n) is 4.98. The van der Waals surface area contributed by atoms with Gasteiger partial charge in [0.1, 0.15) is 0 Å². The highest BCUT2D eigenvalue weighted by molar-refractivity contribution is 5.84. The van der Waals surface area contributed by atoms with Gasteiger partial charge in [-0.3, -0.25) is 14.4 Å². The lowest BCUT2D eigenvalue weighted by Gasteiger charge is -2.41. The van der Waals surface area contributed by atoms with Crippen molar-refractivity contribution < 1.29 is 14.4 Å². The van der Waals surface area contributed by atoms with Gasteiger partial charge in [0.15, 0.2) is 0 Å². The smallest absolute Gasteiger partial charge is 0.236 e. The van der Waals surface area contributed by atoms with Gasteiger partial charge < -0.3 is 20.0 Å². The van der Waals surface area contributed by atoms with E-state index in [2.05, 4.69) is 5.32 Å². The lowest BCUT2D eigenvalue weighted by Crippen LogP contribution is -2.57. The first kappa shape index (κ1) is 18.7. The summed E-state index contributed by atoms with van der Waals surface area (Å²) in [6.07, 6.45) is 2.40. The van der Waals surface area contributed by atoms with E-state index in [1.54, 1.807) is 4.90 Å². The van der Waals surface area contributed by atoms with Crippen molar-refractivity contribution >= 4 is 17.7 Å². The average Bonchev–Trinajstić information content (AvgIpc) is 2.61. The molecule has 7 heteroatoms. The fraction of sp³-hybridized carbons (Fsp3) is 0.824. The number of rotatable bonds is 6. The molecule has 0 aromatic heterocycles.